The molecule has 1 atom stereocenters. The molecule has 1 unspecified atom stereocenters. The minimum absolute atomic E-state index is 0.188. The molecule has 1 aliphatic rings. The van der Waals surface area contributed by atoms with Gasteiger partial charge in [0.1, 0.15) is 5.82 Å². The van der Waals surface area contributed by atoms with Crippen molar-refractivity contribution in [1.29, 1.82) is 0 Å². The molecule has 2 N–H and O–H groups in total. The van der Waals surface area contributed by atoms with Crippen LogP contribution in [0.1, 0.15) is 5.56 Å². The molecule has 0 bridgehead atoms. The molecule has 0 saturated carbocycles. The van der Waals surface area contributed by atoms with Crippen LogP contribution in [0.15, 0.2) is 22.7 Å². The van der Waals surface area contributed by atoms with E-state index in [1.54, 1.807) is 12.1 Å². The molecule has 0 aliphatic carbocycles. The highest BCUT2D eigenvalue weighted by Gasteiger charge is 2.24. The molecule has 2 rings (SSSR count). The average molecular weight is 316 g/mol. The van der Waals surface area contributed by atoms with Gasteiger partial charge in [0, 0.05) is 43.2 Å². The van der Waals surface area contributed by atoms with Crippen molar-refractivity contribution in [3.05, 3.63) is 34.1 Å². The topological polar surface area (TPSA) is 32.5 Å². The molecule has 0 radical (unpaired) electrons. The molecule has 1 aromatic carbocycles. The Kier molecular flexibility index (Phi) is 4.72. The molecule has 1 aromatic rings. The van der Waals surface area contributed by atoms with Crippen molar-refractivity contribution in [2.75, 3.05) is 33.2 Å². The maximum absolute atomic E-state index is 13.3. The second kappa shape index (κ2) is 6.10. The van der Waals surface area contributed by atoms with Gasteiger partial charge in [-0.1, -0.05) is 15.9 Å². The van der Waals surface area contributed by atoms with Crippen LogP contribution in [0, 0.1) is 5.82 Å². The van der Waals surface area contributed by atoms with Gasteiger partial charge in [-0.05, 0) is 30.8 Å². The lowest BCUT2D eigenvalue weighted by molar-refractivity contribution is 0.0878. The summed E-state index contributed by atoms with van der Waals surface area (Å²) in [6, 6.07) is 5.17. The Morgan fingerprint density at radius 3 is 2.94 bits per heavy atom. The van der Waals surface area contributed by atoms with Crippen molar-refractivity contribution in [2.45, 2.75) is 12.6 Å². The SMILES string of the molecule is CN1CCN(Cc2cc(F)ccc2Br)C(CN)C1. The van der Waals surface area contributed by atoms with Crippen molar-refractivity contribution < 1.29 is 4.39 Å². The van der Waals surface area contributed by atoms with Crippen molar-refractivity contribution >= 4 is 15.9 Å². The van der Waals surface area contributed by atoms with E-state index < -0.39 is 0 Å². The van der Waals surface area contributed by atoms with Gasteiger partial charge in [-0.15, -0.1) is 0 Å². The second-order valence-corrected chi connectivity index (χ2v) is 5.71. The maximum Gasteiger partial charge on any atom is 0.123 e. The number of likely N-dealkylation sites (N-methyl/N-ethyl adjacent to an activating group) is 1. The summed E-state index contributed by atoms with van der Waals surface area (Å²) in [6.07, 6.45) is 0. The number of rotatable bonds is 3. The van der Waals surface area contributed by atoms with Crippen LogP contribution in [0.3, 0.4) is 0 Å². The zero-order chi connectivity index (χ0) is 13.1. The fourth-order valence-electron chi connectivity index (χ4n) is 2.36. The highest BCUT2D eigenvalue weighted by Crippen LogP contribution is 2.21. The number of hydrogen-bond donors (Lipinski definition) is 1. The van der Waals surface area contributed by atoms with Gasteiger partial charge in [-0.25, -0.2) is 4.39 Å². The molecular formula is C13H19BrFN3. The molecule has 18 heavy (non-hydrogen) atoms. The lowest BCUT2D eigenvalue weighted by Gasteiger charge is -2.39. The average Bonchev–Trinajstić information content (AvgIpc) is 2.36. The molecular weight excluding hydrogens is 297 g/mol. The zero-order valence-electron chi connectivity index (χ0n) is 10.6. The highest BCUT2D eigenvalue weighted by molar-refractivity contribution is 9.10. The van der Waals surface area contributed by atoms with Crippen molar-refractivity contribution in [3.8, 4) is 0 Å². The lowest BCUT2D eigenvalue weighted by atomic mass is 10.1. The Bertz CT molecular complexity index is 413. The Balaban J connectivity index is 2.10. The third kappa shape index (κ3) is 3.29. The smallest absolute Gasteiger partial charge is 0.123 e. The quantitative estimate of drug-likeness (QED) is 0.921. The molecule has 0 amide bonds. The minimum atomic E-state index is -0.188. The molecule has 1 saturated heterocycles. The summed E-state index contributed by atoms with van der Waals surface area (Å²) >= 11 is 3.48. The van der Waals surface area contributed by atoms with Crippen LogP contribution < -0.4 is 5.73 Å². The molecule has 0 aromatic heterocycles. The van der Waals surface area contributed by atoms with Gasteiger partial charge in [0.2, 0.25) is 0 Å². The van der Waals surface area contributed by atoms with E-state index in [9.17, 15) is 4.39 Å². The van der Waals surface area contributed by atoms with E-state index in [-0.39, 0.29) is 5.82 Å². The standard InChI is InChI=1S/C13H19BrFN3/c1-17-4-5-18(12(7-16)9-17)8-10-6-11(15)2-3-13(10)14/h2-3,6,12H,4-5,7-9,16H2,1H3. The number of hydrogen-bond acceptors (Lipinski definition) is 3. The second-order valence-electron chi connectivity index (χ2n) is 4.86. The van der Waals surface area contributed by atoms with Gasteiger partial charge < -0.3 is 10.6 Å². The van der Waals surface area contributed by atoms with Crippen LogP contribution in [0.2, 0.25) is 0 Å². The Hall–Kier alpha value is -0.490. The molecule has 1 aliphatic heterocycles. The Labute approximate surface area is 116 Å². The summed E-state index contributed by atoms with van der Waals surface area (Å²) in [6.45, 7) is 4.36. The molecule has 0 spiro atoms. The van der Waals surface area contributed by atoms with Gasteiger partial charge in [-0.3, -0.25) is 4.90 Å². The molecule has 1 fully saturated rings. The molecule has 3 nitrogen and oxygen atoms in total. The van der Waals surface area contributed by atoms with Crippen LogP contribution in [-0.4, -0.2) is 49.1 Å². The number of piperazine rings is 1. The zero-order valence-corrected chi connectivity index (χ0v) is 12.2. The normalized spacial score (nSPS) is 22.3. The predicted molar refractivity (Wildman–Crippen MR) is 74.8 cm³/mol. The first-order valence-electron chi connectivity index (χ1n) is 6.16. The summed E-state index contributed by atoms with van der Waals surface area (Å²) in [5.41, 5.74) is 6.81. The van der Waals surface area contributed by atoms with E-state index in [0.717, 1.165) is 36.2 Å². The number of benzene rings is 1. The van der Waals surface area contributed by atoms with Crippen molar-refractivity contribution in [3.63, 3.8) is 0 Å². The molecule has 5 heteroatoms. The first-order chi connectivity index (χ1) is 8.60. The van der Waals surface area contributed by atoms with Crippen LogP contribution in [-0.2, 0) is 6.54 Å². The predicted octanol–water partition coefficient (Wildman–Crippen LogP) is 1.66. The molecule has 100 valence electrons. The van der Waals surface area contributed by atoms with E-state index in [0.29, 0.717) is 12.6 Å². The fourth-order valence-corrected chi connectivity index (χ4v) is 2.74. The van der Waals surface area contributed by atoms with E-state index in [1.807, 2.05) is 0 Å². The third-order valence-electron chi connectivity index (χ3n) is 3.46. The lowest BCUT2D eigenvalue weighted by Crippen LogP contribution is -2.54. The first kappa shape index (κ1) is 13.9. The van der Waals surface area contributed by atoms with Gasteiger partial charge >= 0.3 is 0 Å². The van der Waals surface area contributed by atoms with Gasteiger partial charge in [0.15, 0.2) is 0 Å². The summed E-state index contributed by atoms with van der Waals surface area (Å²) < 4.78 is 14.2. The number of nitrogens with zero attached hydrogens (tertiary/aromatic N) is 2. The van der Waals surface area contributed by atoms with Gasteiger partial charge in [-0.2, -0.15) is 0 Å². The summed E-state index contributed by atoms with van der Waals surface area (Å²) in [4.78, 5) is 4.62. The fraction of sp³-hybridized carbons (Fsp3) is 0.538. The van der Waals surface area contributed by atoms with Crippen LogP contribution in [0.5, 0.6) is 0 Å². The number of halogens is 2. The summed E-state index contributed by atoms with van der Waals surface area (Å²) in [7, 11) is 2.11. The van der Waals surface area contributed by atoms with E-state index in [2.05, 4.69) is 32.8 Å². The Morgan fingerprint density at radius 2 is 2.22 bits per heavy atom. The van der Waals surface area contributed by atoms with Crippen molar-refractivity contribution in [1.82, 2.24) is 9.80 Å². The first-order valence-corrected chi connectivity index (χ1v) is 6.96. The van der Waals surface area contributed by atoms with Crippen LogP contribution >= 0.6 is 15.9 Å². The monoisotopic (exact) mass is 315 g/mol. The van der Waals surface area contributed by atoms with Crippen LogP contribution in [0.4, 0.5) is 4.39 Å². The van der Waals surface area contributed by atoms with E-state index >= 15 is 0 Å². The van der Waals surface area contributed by atoms with E-state index in [4.69, 9.17) is 5.73 Å². The van der Waals surface area contributed by atoms with Gasteiger partial charge in [0.05, 0.1) is 0 Å². The minimum Gasteiger partial charge on any atom is -0.329 e. The summed E-state index contributed by atoms with van der Waals surface area (Å²) in [5, 5.41) is 0. The largest absolute Gasteiger partial charge is 0.329 e. The third-order valence-corrected chi connectivity index (χ3v) is 4.23. The molecule has 1 heterocycles. The Morgan fingerprint density at radius 1 is 1.44 bits per heavy atom. The van der Waals surface area contributed by atoms with E-state index in [1.165, 1.54) is 6.07 Å². The van der Waals surface area contributed by atoms with Crippen LogP contribution in [0.25, 0.3) is 0 Å². The summed E-state index contributed by atoms with van der Waals surface area (Å²) in [5.74, 6) is -0.188. The highest BCUT2D eigenvalue weighted by atomic mass is 79.9. The van der Waals surface area contributed by atoms with Gasteiger partial charge in [0.25, 0.3) is 0 Å². The maximum atomic E-state index is 13.3. The van der Waals surface area contributed by atoms with Crippen molar-refractivity contribution in [2.24, 2.45) is 5.73 Å². The number of nitrogens with two attached hydrogens (primary N) is 1.